The molecule has 0 atom stereocenters. The van der Waals surface area contributed by atoms with Crippen LogP contribution < -0.4 is 5.32 Å². The molecule has 1 N–H and O–H groups in total. The lowest BCUT2D eigenvalue weighted by Crippen LogP contribution is -2.14. The summed E-state index contributed by atoms with van der Waals surface area (Å²) in [5.41, 5.74) is 2.45. The number of carbonyl (C=O) groups is 1. The standard InChI is InChI=1S/C16H12ClN3O/c1-10-14(8-11-4-3-7-18-15(11)19-10)16(21)20-13-6-2-5-12(17)9-13/h2-9H,1H3,(H,20,21). The molecular weight excluding hydrogens is 286 g/mol. The summed E-state index contributed by atoms with van der Waals surface area (Å²) < 4.78 is 0. The van der Waals surface area contributed by atoms with Crippen molar-refractivity contribution in [1.82, 2.24) is 9.97 Å². The third-order valence-electron chi connectivity index (χ3n) is 3.11. The van der Waals surface area contributed by atoms with Gasteiger partial charge < -0.3 is 5.32 Å². The van der Waals surface area contributed by atoms with E-state index in [4.69, 9.17) is 11.6 Å². The number of amides is 1. The van der Waals surface area contributed by atoms with Crippen LogP contribution in [0.15, 0.2) is 48.7 Å². The Hall–Kier alpha value is -2.46. The maximum atomic E-state index is 12.4. The van der Waals surface area contributed by atoms with Gasteiger partial charge in [0.15, 0.2) is 5.65 Å². The molecule has 0 fully saturated rings. The maximum Gasteiger partial charge on any atom is 0.257 e. The third kappa shape index (κ3) is 2.85. The van der Waals surface area contributed by atoms with Crippen molar-refractivity contribution in [1.29, 1.82) is 0 Å². The molecule has 21 heavy (non-hydrogen) atoms. The van der Waals surface area contributed by atoms with E-state index in [9.17, 15) is 4.79 Å². The van der Waals surface area contributed by atoms with E-state index in [0.717, 1.165) is 5.39 Å². The molecule has 5 heteroatoms. The largest absolute Gasteiger partial charge is 0.322 e. The SMILES string of the molecule is Cc1nc2ncccc2cc1C(=O)Nc1cccc(Cl)c1. The summed E-state index contributed by atoms with van der Waals surface area (Å²) in [6.45, 7) is 1.79. The summed E-state index contributed by atoms with van der Waals surface area (Å²) in [6, 6.07) is 12.5. The number of nitrogens with zero attached hydrogens (tertiary/aromatic N) is 2. The van der Waals surface area contributed by atoms with Gasteiger partial charge in [0.25, 0.3) is 5.91 Å². The van der Waals surface area contributed by atoms with Crippen LogP contribution in [0.25, 0.3) is 11.0 Å². The van der Waals surface area contributed by atoms with Crippen LogP contribution in [0.1, 0.15) is 16.1 Å². The molecule has 1 amide bonds. The maximum absolute atomic E-state index is 12.4. The minimum absolute atomic E-state index is 0.215. The second kappa shape index (κ2) is 5.50. The molecule has 2 heterocycles. The second-order valence-corrected chi connectivity index (χ2v) is 5.07. The fraction of sp³-hybridized carbons (Fsp3) is 0.0625. The minimum atomic E-state index is -0.215. The van der Waals surface area contributed by atoms with Crippen molar-refractivity contribution >= 4 is 34.2 Å². The van der Waals surface area contributed by atoms with Gasteiger partial charge in [-0.15, -0.1) is 0 Å². The lowest BCUT2D eigenvalue weighted by atomic mass is 10.1. The van der Waals surface area contributed by atoms with E-state index in [1.165, 1.54) is 0 Å². The Morgan fingerprint density at radius 1 is 1.19 bits per heavy atom. The van der Waals surface area contributed by atoms with Gasteiger partial charge >= 0.3 is 0 Å². The van der Waals surface area contributed by atoms with Crippen molar-refractivity contribution in [3.8, 4) is 0 Å². The van der Waals surface area contributed by atoms with Crippen molar-refractivity contribution in [3.05, 3.63) is 64.9 Å². The zero-order valence-electron chi connectivity index (χ0n) is 11.3. The molecule has 3 aromatic rings. The van der Waals surface area contributed by atoms with E-state index in [0.29, 0.717) is 27.6 Å². The van der Waals surface area contributed by atoms with Gasteiger partial charge in [-0.25, -0.2) is 9.97 Å². The van der Waals surface area contributed by atoms with E-state index in [2.05, 4.69) is 15.3 Å². The molecule has 0 saturated heterocycles. The van der Waals surface area contributed by atoms with Gasteiger partial charge in [-0.05, 0) is 43.3 Å². The summed E-state index contributed by atoms with van der Waals surface area (Å²) in [7, 11) is 0. The molecule has 0 spiro atoms. The number of pyridine rings is 2. The molecule has 0 aliphatic rings. The number of nitrogens with one attached hydrogen (secondary N) is 1. The second-order valence-electron chi connectivity index (χ2n) is 4.64. The summed E-state index contributed by atoms with van der Waals surface area (Å²) in [5, 5.41) is 4.23. The van der Waals surface area contributed by atoms with Crippen molar-refractivity contribution < 1.29 is 4.79 Å². The van der Waals surface area contributed by atoms with Crippen molar-refractivity contribution in [2.75, 3.05) is 5.32 Å². The first-order valence-electron chi connectivity index (χ1n) is 6.43. The first-order chi connectivity index (χ1) is 10.1. The number of carbonyl (C=O) groups excluding carboxylic acids is 1. The van der Waals surface area contributed by atoms with E-state index in [-0.39, 0.29) is 5.91 Å². The Kier molecular flexibility index (Phi) is 3.54. The first-order valence-corrected chi connectivity index (χ1v) is 6.80. The Labute approximate surface area is 126 Å². The van der Waals surface area contributed by atoms with Crippen molar-refractivity contribution in [2.45, 2.75) is 6.92 Å². The Morgan fingerprint density at radius 3 is 2.86 bits per heavy atom. The van der Waals surface area contributed by atoms with Crippen LogP contribution in [-0.2, 0) is 0 Å². The van der Waals surface area contributed by atoms with Gasteiger partial charge in [0.1, 0.15) is 0 Å². The molecule has 0 radical (unpaired) electrons. The molecule has 4 nitrogen and oxygen atoms in total. The quantitative estimate of drug-likeness (QED) is 0.782. The van der Waals surface area contributed by atoms with E-state index < -0.39 is 0 Å². The van der Waals surface area contributed by atoms with Crippen LogP contribution in [-0.4, -0.2) is 15.9 Å². The monoisotopic (exact) mass is 297 g/mol. The summed E-state index contributed by atoms with van der Waals surface area (Å²) >= 11 is 5.91. The molecule has 104 valence electrons. The van der Waals surface area contributed by atoms with Gasteiger partial charge in [0.05, 0.1) is 11.3 Å². The molecular formula is C16H12ClN3O. The molecule has 0 aliphatic carbocycles. The number of rotatable bonds is 2. The normalized spacial score (nSPS) is 10.6. The van der Waals surface area contributed by atoms with Gasteiger partial charge in [0, 0.05) is 22.3 Å². The Balaban J connectivity index is 1.96. The number of hydrogen-bond donors (Lipinski definition) is 1. The average molecular weight is 298 g/mol. The van der Waals surface area contributed by atoms with Crippen LogP contribution in [0.4, 0.5) is 5.69 Å². The Morgan fingerprint density at radius 2 is 2.05 bits per heavy atom. The Bertz CT molecular complexity index is 833. The highest BCUT2D eigenvalue weighted by Gasteiger charge is 2.12. The molecule has 0 saturated carbocycles. The van der Waals surface area contributed by atoms with E-state index >= 15 is 0 Å². The summed E-state index contributed by atoms with van der Waals surface area (Å²) in [6.07, 6.45) is 1.68. The number of fused-ring (bicyclic) bond motifs is 1. The number of aromatic nitrogens is 2. The highest BCUT2D eigenvalue weighted by Crippen LogP contribution is 2.18. The van der Waals surface area contributed by atoms with Crippen LogP contribution in [0.5, 0.6) is 0 Å². The van der Waals surface area contributed by atoms with E-state index in [1.807, 2.05) is 12.1 Å². The van der Waals surface area contributed by atoms with Crippen LogP contribution in [0.2, 0.25) is 5.02 Å². The highest BCUT2D eigenvalue weighted by atomic mass is 35.5. The molecule has 3 rings (SSSR count). The molecule has 0 unspecified atom stereocenters. The van der Waals surface area contributed by atoms with Gasteiger partial charge in [0.2, 0.25) is 0 Å². The smallest absolute Gasteiger partial charge is 0.257 e. The first kappa shape index (κ1) is 13.5. The van der Waals surface area contributed by atoms with E-state index in [1.54, 1.807) is 43.5 Å². The van der Waals surface area contributed by atoms with Crippen LogP contribution >= 0.6 is 11.6 Å². The lowest BCUT2D eigenvalue weighted by molar-refractivity contribution is 0.102. The molecule has 2 aromatic heterocycles. The van der Waals surface area contributed by atoms with Crippen LogP contribution in [0, 0.1) is 6.92 Å². The topological polar surface area (TPSA) is 54.9 Å². The van der Waals surface area contributed by atoms with Crippen LogP contribution in [0.3, 0.4) is 0 Å². The van der Waals surface area contributed by atoms with Gasteiger partial charge in [-0.3, -0.25) is 4.79 Å². The molecule has 0 aliphatic heterocycles. The lowest BCUT2D eigenvalue weighted by Gasteiger charge is -2.08. The van der Waals surface area contributed by atoms with Gasteiger partial charge in [-0.2, -0.15) is 0 Å². The number of hydrogen-bond acceptors (Lipinski definition) is 3. The minimum Gasteiger partial charge on any atom is -0.322 e. The fourth-order valence-corrected chi connectivity index (χ4v) is 2.28. The summed E-state index contributed by atoms with van der Waals surface area (Å²) in [4.78, 5) is 20.9. The summed E-state index contributed by atoms with van der Waals surface area (Å²) in [5.74, 6) is -0.215. The average Bonchev–Trinajstić information content (AvgIpc) is 2.46. The molecule has 1 aromatic carbocycles. The number of halogens is 1. The van der Waals surface area contributed by atoms with Crippen molar-refractivity contribution in [3.63, 3.8) is 0 Å². The van der Waals surface area contributed by atoms with Gasteiger partial charge in [-0.1, -0.05) is 17.7 Å². The third-order valence-corrected chi connectivity index (χ3v) is 3.34. The predicted octanol–water partition coefficient (Wildman–Crippen LogP) is 3.84. The highest BCUT2D eigenvalue weighted by molar-refractivity contribution is 6.31. The molecule has 0 bridgehead atoms. The predicted molar refractivity (Wildman–Crippen MR) is 83.7 cm³/mol. The zero-order chi connectivity index (χ0) is 14.8. The zero-order valence-corrected chi connectivity index (χ0v) is 12.1. The number of anilines is 1. The number of aryl methyl sites for hydroxylation is 1. The van der Waals surface area contributed by atoms with Crippen molar-refractivity contribution in [2.24, 2.45) is 0 Å². The fourth-order valence-electron chi connectivity index (χ4n) is 2.09. The number of benzene rings is 1.